The van der Waals surface area contributed by atoms with Crippen LogP contribution in [-0.2, 0) is 4.74 Å². The molecule has 1 fully saturated rings. The van der Waals surface area contributed by atoms with Crippen molar-refractivity contribution in [3.8, 4) is 5.75 Å². The summed E-state index contributed by atoms with van der Waals surface area (Å²) in [5.41, 5.74) is 1.06. The lowest BCUT2D eigenvalue weighted by molar-refractivity contribution is 0.0223. The average molecular weight is 291 g/mol. The molecule has 1 aliphatic rings. The number of aliphatic hydroxyl groups is 1. The van der Waals surface area contributed by atoms with Crippen LogP contribution in [0.1, 0.15) is 19.4 Å². The highest BCUT2D eigenvalue weighted by molar-refractivity contribution is 5.51. The number of ether oxygens (including phenoxy) is 2. The smallest absolute Gasteiger partial charge is 0.119 e. The molecule has 1 heterocycles. The summed E-state index contributed by atoms with van der Waals surface area (Å²) in [6, 6.07) is 7.90. The summed E-state index contributed by atoms with van der Waals surface area (Å²) < 4.78 is 10.9. The first-order valence-electron chi connectivity index (χ1n) is 7.56. The minimum atomic E-state index is -0.449. The normalized spacial score (nSPS) is 18.3. The molecule has 116 valence electrons. The van der Waals surface area contributed by atoms with Crippen LogP contribution in [0.15, 0.2) is 30.3 Å². The summed E-state index contributed by atoms with van der Waals surface area (Å²) >= 11 is 0. The lowest BCUT2D eigenvalue weighted by Gasteiger charge is -2.27. The molecule has 1 atom stereocenters. The Labute approximate surface area is 127 Å². The molecule has 0 bridgehead atoms. The van der Waals surface area contributed by atoms with Gasteiger partial charge in [-0.15, -0.1) is 0 Å². The van der Waals surface area contributed by atoms with Gasteiger partial charge in [0, 0.05) is 19.6 Å². The third-order valence-corrected chi connectivity index (χ3v) is 3.31. The third-order valence-electron chi connectivity index (χ3n) is 3.31. The van der Waals surface area contributed by atoms with Crippen LogP contribution in [0.2, 0.25) is 0 Å². The van der Waals surface area contributed by atoms with E-state index in [0.717, 1.165) is 37.6 Å². The predicted molar refractivity (Wildman–Crippen MR) is 84.5 cm³/mol. The summed E-state index contributed by atoms with van der Waals surface area (Å²) in [6.07, 6.45) is 3.52. The molecule has 1 unspecified atom stereocenters. The van der Waals surface area contributed by atoms with Crippen molar-refractivity contribution in [2.75, 3.05) is 32.8 Å². The molecule has 0 aliphatic carbocycles. The molecule has 0 spiro atoms. The molecule has 1 aromatic carbocycles. The quantitative estimate of drug-likeness (QED) is 0.872. The van der Waals surface area contributed by atoms with E-state index in [1.54, 1.807) is 0 Å². The van der Waals surface area contributed by atoms with Gasteiger partial charge < -0.3 is 14.6 Å². The molecule has 0 amide bonds. The van der Waals surface area contributed by atoms with E-state index in [4.69, 9.17) is 9.47 Å². The van der Waals surface area contributed by atoms with Gasteiger partial charge in [-0.1, -0.05) is 24.3 Å². The summed E-state index contributed by atoms with van der Waals surface area (Å²) in [7, 11) is 0. The fraction of sp³-hybridized carbons (Fsp3) is 0.529. The Bertz CT molecular complexity index is 436. The number of hydrogen-bond acceptors (Lipinski definition) is 4. The molecule has 21 heavy (non-hydrogen) atoms. The van der Waals surface area contributed by atoms with E-state index in [1.807, 2.05) is 50.3 Å². The zero-order chi connectivity index (χ0) is 15.1. The Morgan fingerprint density at radius 3 is 2.52 bits per heavy atom. The maximum absolute atomic E-state index is 10.0. The number of benzene rings is 1. The third kappa shape index (κ3) is 5.87. The zero-order valence-corrected chi connectivity index (χ0v) is 12.9. The van der Waals surface area contributed by atoms with Gasteiger partial charge in [-0.25, -0.2) is 0 Å². The van der Waals surface area contributed by atoms with Crippen LogP contribution in [0.25, 0.3) is 6.08 Å². The highest BCUT2D eigenvalue weighted by Crippen LogP contribution is 2.15. The van der Waals surface area contributed by atoms with Gasteiger partial charge in [0.15, 0.2) is 0 Å². The zero-order valence-electron chi connectivity index (χ0n) is 12.9. The summed E-state index contributed by atoms with van der Waals surface area (Å²) in [5, 5.41) is 10.0. The van der Waals surface area contributed by atoms with Gasteiger partial charge in [0.05, 0.1) is 25.4 Å². The largest absolute Gasteiger partial charge is 0.491 e. The number of morpholine rings is 1. The van der Waals surface area contributed by atoms with Crippen molar-refractivity contribution < 1.29 is 14.6 Å². The Kier molecular flexibility index (Phi) is 6.23. The van der Waals surface area contributed by atoms with E-state index < -0.39 is 6.10 Å². The van der Waals surface area contributed by atoms with Gasteiger partial charge in [0.1, 0.15) is 5.75 Å². The first-order chi connectivity index (χ1) is 10.1. The lowest BCUT2D eigenvalue weighted by Crippen LogP contribution is -2.40. The van der Waals surface area contributed by atoms with Crippen LogP contribution in [0.3, 0.4) is 0 Å². The van der Waals surface area contributed by atoms with Gasteiger partial charge in [-0.3, -0.25) is 4.90 Å². The van der Waals surface area contributed by atoms with Crippen LogP contribution < -0.4 is 4.74 Å². The molecule has 1 N–H and O–H groups in total. The van der Waals surface area contributed by atoms with E-state index in [9.17, 15) is 5.11 Å². The predicted octanol–water partition coefficient (Wildman–Crippen LogP) is 2.18. The number of rotatable bonds is 6. The molecule has 1 aliphatic heterocycles. The average Bonchev–Trinajstić information content (AvgIpc) is 2.47. The second-order valence-electron chi connectivity index (χ2n) is 5.58. The SMILES string of the molecule is CC(C)Oc1ccc(/C=C/C(O)CN2CCOCC2)cc1. The number of β-amino-alcohol motifs (C(OH)–C–C–N with tert-alkyl or cyclic N) is 1. The highest BCUT2D eigenvalue weighted by atomic mass is 16.5. The van der Waals surface area contributed by atoms with E-state index in [0.29, 0.717) is 6.54 Å². The Balaban J connectivity index is 1.82. The Hall–Kier alpha value is -1.36. The van der Waals surface area contributed by atoms with Crippen LogP contribution in [0.4, 0.5) is 0 Å². The summed E-state index contributed by atoms with van der Waals surface area (Å²) in [6.45, 7) is 7.99. The Morgan fingerprint density at radius 1 is 1.24 bits per heavy atom. The van der Waals surface area contributed by atoms with Crippen molar-refractivity contribution in [1.82, 2.24) is 4.90 Å². The second kappa shape index (κ2) is 8.17. The van der Waals surface area contributed by atoms with E-state index in [1.165, 1.54) is 0 Å². The second-order valence-corrected chi connectivity index (χ2v) is 5.58. The minimum absolute atomic E-state index is 0.182. The lowest BCUT2D eigenvalue weighted by atomic mass is 10.1. The molecular weight excluding hydrogens is 266 g/mol. The molecule has 0 radical (unpaired) electrons. The minimum Gasteiger partial charge on any atom is -0.491 e. The standard InChI is InChI=1S/C17H25NO3/c1-14(2)21-17-7-4-15(5-8-17)3-6-16(19)13-18-9-11-20-12-10-18/h3-8,14,16,19H,9-13H2,1-2H3/b6-3+. The van der Waals surface area contributed by atoms with E-state index in [-0.39, 0.29) is 6.10 Å². The Morgan fingerprint density at radius 2 is 1.90 bits per heavy atom. The molecular formula is C17H25NO3. The molecule has 4 nitrogen and oxygen atoms in total. The van der Waals surface area contributed by atoms with Crippen molar-refractivity contribution in [3.63, 3.8) is 0 Å². The first-order valence-corrected chi connectivity index (χ1v) is 7.56. The van der Waals surface area contributed by atoms with Crippen LogP contribution in [0.5, 0.6) is 5.75 Å². The molecule has 4 heteroatoms. The van der Waals surface area contributed by atoms with Crippen molar-refractivity contribution >= 4 is 6.08 Å². The van der Waals surface area contributed by atoms with Gasteiger partial charge >= 0.3 is 0 Å². The fourth-order valence-corrected chi connectivity index (χ4v) is 2.26. The molecule has 2 rings (SSSR count). The van der Waals surface area contributed by atoms with Crippen molar-refractivity contribution in [3.05, 3.63) is 35.9 Å². The summed E-state index contributed by atoms with van der Waals surface area (Å²) in [5.74, 6) is 0.871. The monoisotopic (exact) mass is 291 g/mol. The molecule has 1 aromatic rings. The van der Waals surface area contributed by atoms with Gasteiger partial charge in [0.25, 0.3) is 0 Å². The van der Waals surface area contributed by atoms with Crippen LogP contribution >= 0.6 is 0 Å². The van der Waals surface area contributed by atoms with Crippen LogP contribution in [-0.4, -0.2) is 55.1 Å². The highest BCUT2D eigenvalue weighted by Gasteiger charge is 2.12. The van der Waals surface area contributed by atoms with Gasteiger partial charge in [-0.2, -0.15) is 0 Å². The van der Waals surface area contributed by atoms with E-state index >= 15 is 0 Å². The van der Waals surface area contributed by atoms with Crippen molar-refractivity contribution in [2.45, 2.75) is 26.1 Å². The van der Waals surface area contributed by atoms with Gasteiger partial charge in [0.2, 0.25) is 0 Å². The summed E-state index contributed by atoms with van der Waals surface area (Å²) in [4.78, 5) is 2.22. The molecule has 0 aromatic heterocycles. The first kappa shape index (κ1) is 16.0. The van der Waals surface area contributed by atoms with Gasteiger partial charge in [-0.05, 0) is 31.5 Å². The number of nitrogens with zero attached hydrogens (tertiary/aromatic N) is 1. The molecule has 1 saturated heterocycles. The van der Waals surface area contributed by atoms with E-state index in [2.05, 4.69) is 4.90 Å². The van der Waals surface area contributed by atoms with Crippen LogP contribution in [0, 0.1) is 0 Å². The van der Waals surface area contributed by atoms with Crippen molar-refractivity contribution in [2.24, 2.45) is 0 Å². The molecule has 0 saturated carbocycles. The maximum atomic E-state index is 10.0. The maximum Gasteiger partial charge on any atom is 0.119 e. The number of aliphatic hydroxyl groups excluding tert-OH is 1. The number of hydrogen-bond donors (Lipinski definition) is 1. The van der Waals surface area contributed by atoms with Crippen molar-refractivity contribution in [1.29, 1.82) is 0 Å². The topological polar surface area (TPSA) is 41.9 Å². The fourth-order valence-electron chi connectivity index (χ4n) is 2.26.